The molecule has 0 bridgehead atoms. The summed E-state index contributed by atoms with van der Waals surface area (Å²) in [5.41, 5.74) is 1.13. The molecule has 2 rings (SSSR count). The Morgan fingerprint density at radius 3 is 2.54 bits per heavy atom. The molecule has 1 amide bonds. The molecule has 1 aliphatic heterocycles. The lowest BCUT2D eigenvalue weighted by Gasteiger charge is -2.17. The molecule has 130 valence electrons. The van der Waals surface area contributed by atoms with Crippen molar-refractivity contribution in [3.05, 3.63) is 29.8 Å². The van der Waals surface area contributed by atoms with Crippen LogP contribution >= 0.6 is 24.0 Å². The van der Waals surface area contributed by atoms with E-state index >= 15 is 0 Å². The second kappa shape index (κ2) is 9.64. The maximum atomic E-state index is 12.0. The van der Waals surface area contributed by atoms with Gasteiger partial charge in [0.05, 0.1) is 17.9 Å². The quantitative estimate of drug-likeness (QED) is 0.616. The summed E-state index contributed by atoms with van der Waals surface area (Å²) in [7, 11) is 0. The fraction of sp³-hybridized carbons (Fsp3) is 0.471. The van der Waals surface area contributed by atoms with Gasteiger partial charge in [-0.1, -0.05) is 30.9 Å². The summed E-state index contributed by atoms with van der Waals surface area (Å²) in [4.78, 5) is 25.8. The second-order valence-electron chi connectivity index (χ2n) is 5.51. The largest absolute Gasteiger partial charge is 0.462 e. The molecule has 0 spiro atoms. The number of hydrogen-bond acceptors (Lipinski definition) is 5. The third-order valence-corrected chi connectivity index (χ3v) is 5.06. The van der Waals surface area contributed by atoms with E-state index in [4.69, 9.17) is 17.0 Å². The molecule has 0 aromatic heterocycles. The molecular formula is C17H22N2O3S2. The van der Waals surface area contributed by atoms with Crippen molar-refractivity contribution in [1.29, 1.82) is 0 Å². The molecule has 0 saturated carbocycles. The predicted molar refractivity (Wildman–Crippen MR) is 102 cm³/mol. The summed E-state index contributed by atoms with van der Waals surface area (Å²) in [5.74, 6) is -0.167. The van der Waals surface area contributed by atoms with E-state index in [2.05, 4.69) is 10.2 Å². The van der Waals surface area contributed by atoms with Gasteiger partial charge >= 0.3 is 5.97 Å². The fourth-order valence-electron chi connectivity index (χ4n) is 2.28. The van der Waals surface area contributed by atoms with E-state index in [0.29, 0.717) is 17.9 Å². The molecule has 1 aromatic carbocycles. The second-order valence-corrected chi connectivity index (χ2v) is 7.12. The van der Waals surface area contributed by atoms with Gasteiger partial charge in [-0.15, -0.1) is 0 Å². The molecule has 1 aromatic rings. The first-order valence-electron chi connectivity index (χ1n) is 8.09. The fourth-order valence-corrected chi connectivity index (χ4v) is 3.33. The van der Waals surface area contributed by atoms with E-state index < -0.39 is 0 Å². The normalized spacial score (nSPS) is 13.6. The monoisotopic (exact) mass is 366 g/mol. The van der Waals surface area contributed by atoms with Crippen LogP contribution in [-0.4, -0.2) is 46.5 Å². The standard InChI is InChI=1S/C17H22N2O3S2/c1-2-11-22-16(21)13-5-7-14(8-6-13)18-15(20)12-24-17(23)19-9-3-4-10-19/h5-8H,2-4,9-12H2,1H3,(H,18,20). The Labute approximate surface area is 152 Å². The lowest BCUT2D eigenvalue weighted by Crippen LogP contribution is -2.25. The molecule has 1 N–H and O–H groups in total. The minimum absolute atomic E-state index is 0.108. The van der Waals surface area contributed by atoms with E-state index in [1.54, 1.807) is 24.3 Å². The third kappa shape index (κ3) is 5.79. The zero-order valence-corrected chi connectivity index (χ0v) is 15.4. The smallest absolute Gasteiger partial charge is 0.338 e. The first-order valence-corrected chi connectivity index (χ1v) is 9.48. The van der Waals surface area contributed by atoms with Gasteiger partial charge in [-0.3, -0.25) is 4.79 Å². The molecule has 24 heavy (non-hydrogen) atoms. The number of ether oxygens (including phenoxy) is 1. The molecule has 0 atom stereocenters. The highest BCUT2D eigenvalue weighted by Gasteiger charge is 2.16. The first kappa shape index (κ1) is 18.7. The highest BCUT2D eigenvalue weighted by atomic mass is 32.2. The topological polar surface area (TPSA) is 58.6 Å². The number of amides is 1. The van der Waals surface area contributed by atoms with Gasteiger partial charge in [0.15, 0.2) is 0 Å². The average molecular weight is 367 g/mol. The number of benzene rings is 1. The van der Waals surface area contributed by atoms with Crippen LogP contribution in [-0.2, 0) is 9.53 Å². The molecule has 0 unspecified atom stereocenters. The van der Waals surface area contributed by atoms with Crippen LogP contribution in [0.2, 0.25) is 0 Å². The molecule has 0 radical (unpaired) electrons. The van der Waals surface area contributed by atoms with Gasteiger partial charge in [0, 0.05) is 18.8 Å². The van der Waals surface area contributed by atoms with Gasteiger partial charge in [-0.2, -0.15) is 0 Å². The number of nitrogens with one attached hydrogen (secondary N) is 1. The Morgan fingerprint density at radius 1 is 1.25 bits per heavy atom. The molecular weight excluding hydrogens is 344 g/mol. The number of rotatable bonds is 6. The summed E-state index contributed by atoms with van der Waals surface area (Å²) < 4.78 is 5.85. The zero-order valence-electron chi connectivity index (χ0n) is 13.7. The van der Waals surface area contributed by atoms with Gasteiger partial charge in [0.25, 0.3) is 0 Å². The average Bonchev–Trinajstić information content (AvgIpc) is 3.13. The highest BCUT2D eigenvalue weighted by Crippen LogP contribution is 2.17. The van der Waals surface area contributed by atoms with Crippen LogP contribution in [0.25, 0.3) is 0 Å². The Balaban J connectivity index is 1.77. The molecule has 5 nitrogen and oxygen atoms in total. The molecule has 7 heteroatoms. The van der Waals surface area contributed by atoms with Crippen LogP contribution in [0.4, 0.5) is 5.69 Å². The molecule has 1 heterocycles. The van der Waals surface area contributed by atoms with Crippen molar-refractivity contribution in [3.8, 4) is 0 Å². The van der Waals surface area contributed by atoms with Crippen LogP contribution < -0.4 is 5.32 Å². The van der Waals surface area contributed by atoms with Crippen molar-refractivity contribution in [2.75, 3.05) is 30.8 Å². The summed E-state index contributed by atoms with van der Waals surface area (Å²) >= 11 is 6.72. The molecule has 1 fully saturated rings. The van der Waals surface area contributed by atoms with Crippen molar-refractivity contribution in [2.24, 2.45) is 0 Å². The summed E-state index contributed by atoms with van der Waals surface area (Å²) in [6.45, 7) is 4.33. The van der Waals surface area contributed by atoms with Crippen molar-refractivity contribution >= 4 is 45.9 Å². The Hall–Kier alpha value is -1.60. The van der Waals surface area contributed by atoms with Crippen LogP contribution in [0, 0.1) is 0 Å². The Bertz CT molecular complexity index is 584. The van der Waals surface area contributed by atoms with Crippen molar-refractivity contribution < 1.29 is 14.3 Å². The molecule has 1 saturated heterocycles. The number of anilines is 1. The van der Waals surface area contributed by atoms with Crippen molar-refractivity contribution in [2.45, 2.75) is 26.2 Å². The van der Waals surface area contributed by atoms with E-state index in [1.807, 2.05) is 6.92 Å². The molecule has 0 aliphatic carbocycles. The minimum atomic E-state index is -0.346. The van der Waals surface area contributed by atoms with E-state index in [1.165, 1.54) is 24.6 Å². The number of nitrogens with zero attached hydrogens (tertiary/aromatic N) is 1. The van der Waals surface area contributed by atoms with E-state index in [0.717, 1.165) is 23.8 Å². The number of thiocarbonyl (C=S) groups is 1. The van der Waals surface area contributed by atoms with Gasteiger partial charge in [-0.05, 0) is 43.5 Å². The summed E-state index contributed by atoms with van der Waals surface area (Å²) in [6, 6.07) is 6.69. The van der Waals surface area contributed by atoms with Crippen LogP contribution in [0.1, 0.15) is 36.5 Å². The Morgan fingerprint density at radius 2 is 1.92 bits per heavy atom. The maximum Gasteiger partial charge on any atom is 0.338 e. The van der Waals surface area contributed by atoms with E-state index in [9.17, 15) is 9.59 Å². The van der Waals surface area contributed by atoms with Gasteiger partial charge in [-0.25, -0.2) is 4.79 Å². The first-order chi connectivity index (χ1) is 11.6. The molecule has 1 aliphatic rings. The lowest BCUT2D eigenvalue weighted by atomic mass is 10.2. The number of likely N-dealkylation sites (tertiary alicyclic amines) is 1. The van der Waals surface area contributed by atoms with Crippen molar-refractivity contribution in [3.63, 3.8) is 0 Å². The summed E-state index contributed by atoms with van der Waals surface area (Å²) in [6.07, 6.45) is 3.12. The highest BCUT2D eigenvalue weighted by molar-refractivity contribution is 8.23. The maximum absolute atomic E-state index is 12.0. The predicted octanol–water partition coefficient (Wildman–Crippen LogP) is 3.31. The van der Waals surface area contributed by atoms with Crippen molar-refractivity contribution in [1.82, 2.24) is 4.90 Å². The van der Waals surface area contributed by atoms with Crippen LogP contribution in [0.3, 0.4) is 0 Å². The van der Waals surface area contributed by atoms with Gasteiger partial charge < -0.3 is 15.0 Å². The number of esters is 1. The number of thioether (sulfide) groups is 1. The van der Waals surface area contributed by atoms with Gasteiger partial charge in [0.2, 0.25) is 5.91 Å². The third-order valence-electron chi connectivity index (χ3n) is 3.53. The number of carbonyl (C=O) groups excluding carboxylic acids is 2. The minimum Gasteiger partial charge on any atom is -0.462 e. The zero-order chi connectivity index (χ0) is 17.4. The summed E-state index contributed by atoms with van der Waals surface area (Å²) in [5, 5.41) is 2.81. The van der Waals surface area contributed by atoms with Crippen LogP contribution in [0.5, 0.6) is 0 Å². The van der Waals surface area contributed by atoms with Gasteiger partial charge in [0.1, 0.15) is 4.32 Å². The van der Waals surface area contributed by atoms with E-state index in [-0.39, 0.29) is 17.6 Å². The number of carbonyl (C=O) groups is 2. The SMILES string of the molecule is CCCOC(=O)c1ccc(NC(=O)CSC(=S)N2CCCC2)cc1. The lowest BCUT2D eigenvalue weighted by molar-refractivity contribution is -0.113. The number of hydrogen-bond donors (Lipinski definition) is 1. The van der Waals surface area contributed by atoms with Crippen LogP contribution in [0.15, 0.2) is 24.3 Å². The Kier molecular flexibility index (Phi) is 7.52.